The molecule has 0 amide bonds. The lowest BCUT2D eigenvalue weighted by Gasteiger charge is -2.42. The average molecular weight is 464 g/mol. The van der Waals surface area contributed by atoms with Crippen molar-refractivity contribution in [2.75, 3.05) is 18.0 Å². The van der Waals surface area contributed by atoms with E-state index in [2.05, 4.69) is 17.9 Å². The number of nitrogens with zero attached hydrogens (tertiary/aromatic N) is 3. The van der Waals surface area contributed by atoms with Gasteiger partial charge in [0, 0.05) is 24.9 Å². The SMILES string of the molecule is CCc1nc(N2CCC(C(O)(c3ccccc3)c3ccccc3)CC2)c2oc3ccccc3c2n1. The fraction of sp³-hybridized carbons (Fsp3) is 0.267. The number of fused-ring (bicyclic) bond motifs is 3. The van der Waals surface area contributed by atoms with Crippen LogP contribution < -0.4 is 4.90 Å². The van der Waals surface area contributed by atoms with E-state index in [0.29, 0.717) is 0 Å². The smallest absolute Gasteiger partial charge is 0.196 e. The Kier molecular flexibility index (Phi) is 5.50. The van der Waals surface area contributed by atoms with E-state index < -0.39 is 5.60 Å². The van der Waals surface area contributed by atoms with Crippen molar-refractivity contribution in [3.05, 3.63) is 102 Å². The maximum Gasteiger partial charge on any atom is 0.196 e. The molecule has 0 radical (unpaired) electrons. The minimum absolute atomic E-state index is 0.0854. The zero-order valence-electron chi connectivity index (χ0n) is 19.9. The number of aryl methyl sites for hydroxylation is 1. The van der Waals surface area contributed by atoms with Crippen molar-refractivity contribution in [1.29, 1.82) is 0 Å². The van der Waals surface area contributed by atoms with Crippen LogP contribution in [0.1, 0.15) is 36.7 Å². The lowest BCUT2D eigenvalue weighted by Crippen LogP contribution is -2.44. The van der Waals surface area contributed by atoms with Gasteiger partial charge in [-0.25, -0.2) is 9.97 Å². The number of piperidine rings is 1. The van der Waals surface area contributed by atoms with Crippen molar-refractivity contribution in [2.45, 2.75) is 31.8 Å². The third kappa shape index (κ3) is 3.67. The molecular weight excluding hydrogens is 434 g/mol. The Morgan fingerprint density at radius 2 is 1.46 bits per heavy atom. The summed E-state index contributed by atoms with van der Waals surface area (Å²) in [5.74, 6) is 1.78. The summed E-state index contributed by atoms with van der Waals surface area (Å²) < 4.78 is 6.25. The molecule has 35 heavy (non-hydrogen) atoms. The third-order valence-electron chi connectivity index (χ3n) is 7.38. The molecule has 5 aromatic rings. The highest BCUT2D eigenvalue weighted by molar-refractivity contribution is 6.05. The van der Waals surface area contributed by atoms with E-state index in [1.165, 1.54) is 0 Å². The predicted molar refractivity (Wildman–Crippen MR) is 140 cm³/mol. The number of benzene rings is 3. The number of hydrogen-bond acceptors (Lipinski definition) is 5. The van der Waals surface area contributed by atoms with Gasteiger partial charge in [0.2, 0.25) is 0 Å². The van der Waals surface area contributed by atoms with Gasteiger partial charge in [-0.15, -0.1) is 0 Å². The zero-order chi connectivity index (χ0) is 23.8. The summed E-state index contributed by atoms with van der Waals surface area (Å²) in [7, 11) is 0. The minimum Gasteiger partial charge on any atom is -0.450 e. The molecule has 1 fully saturated rings. The van der Waals surface area contributed by atoms with Crippen LogP contribution in [0.2, 0.25) is 0 Å². The Balaban J connectivity index is 1.36. The number of furan rings is 1. The molecule has 0 atom stereocenters. The van der Waals surface area contributed by atoms with Crippen LogP contribution in [0.3, 0.4) is 0 Å². The first kappa shape index (κ1) is 21.8. The van der Waals surface area contributed by atoms with Crippen LogP contribution in [-0.2, 0) is 12.0 Å². The molecule has 1 aliphatic rings. The monoisotopic (exact) mass is 463 g/mol. The molecule has 2 aromatic heterocycles. The van der Waals surface area contributed by atoms with Gasteiger partial charge in [-0.05, 0) is 42.0 Å². The van der Waals surface area contributed by atoms with Crippen LogP contribution in [0.25, 0.3) is 22.1 Å². The fourth-order valence-electron chi connectivity index (χ4n) is 5.53. The summed E-state index contributed by atoms with van der Waals surface area (Å²) in [5.41, 5.74) is 3.32. The first-order chi connectivity index (χ1) is 17.2. The van der Waals surface area contributed by atoms with E-state index in [4.69, 9.17) is 14.4 Å². The first-order valence-corrected chi connectivity index (χ1v) is 12.4. The van der Waals surface area contributed by atoms with Gasteiger partial charge in [0.15, 0.2) is 11.4 Å². The molecule has 3 heterocycles. The molecule has 0 saturated carbocycles. The second-order valence-electron chi connectivity index (χ2n) is 9.35. The molecule has 0 unspecified atom stereocenters. The summed E-state index contributed by atoms with van der Waals surface area (Å²) >= 11 is 0. The molecule has 6 rings (SSSR count). The quantitative estimate of drug-likeness (QED) is 0.342. The molecule has 1 saturated heterocycles. The van der Waals surface area contributed by atoms with Crippen molar-refractivity contribution in [2.24, 2.45) is 5.92 Å². The molecule has 5 heteroatoms. The zero-order valence-corrected chi connectivity index (χ0v) is 19.9. The normalized spacial score (nSPS) is 15.2. The Morgan fingerprint density at radius 1 is 0.857 bits per heavy atom. The van der Waals surface area contributed by atoms with Crippen LogP contribution in [0, 0.1) is 5.92 Å². The van der Waals surface area contributed by atoms with E-state index in [1.54, 1.807) is 0 Å². The molecule has 5 nitrogen and oxygen atoms in total. The van der Waals surface area contributed by atoms with Crippen LogP contribution in [0.15, 0.2) is 89.3 Å². The Labute approximate surface area is 205 Å². The second kappa shape index (κ2) is 8.82. The topological polar surface area (TPSA) is 62.4 Å². The standard InChI is InChI=1S/C30H29N3O2/c1-2-26-31-27-24-15-9-10-16-25(24)35-28(27)29(32-26)33-19-17-23(18-20-33)30(34,21-11-5-3-6-12-21)22-13-7-4-8-14-22/h3-16,23,34H,2,17-20H2,1H3. The Morgan fingerprint density at radius 3 is 2.09 bits per heavy atom. The molecule has 176 valence electrons. The van der Waals surface area contributed by atoms with Gasteiger partial charge >= 0.3 is 0 Å². The second-order valence-corrected chi connectivity index (χ2v) is 9.35. The van der Waals surface area contributed by atoms with E-state index in [-0.39, 0.29) is 5.92 Å². The summed E-state index contributed by atoms with van der Waals surface area (Å²) in [5, 5.41) is 13.2. The largest absolute Gasteiger partial charge is 0.450 e. The summed E-state index contributed by atoms with van der Waals surface area (Å²) in [6, 6.07) is 28.2. The Bertz CT molecular complexity index is 1420. The van der Waals surface area contributed by atoms with Crippen molar-refractivity contribution < 1.29 is 9.52 Å². The number of anilines is 1. The summed E-state index contributed by atoms with van der Waals surface area (Å²) in [4.78, 5) is 12.0. The third-order valence-corrected chi connectivity index (χ3v) is 7.38. The van der Waals surface area contributed by atoms with Gasteiger partial charge in [0.1, 0.15) is 22.5 Å². The van der Waals surface area contributed by atoms with Crippen LogP contribution in [0.4, 0.5) is 5.82 Å². The highest BCUT2D eigenvalue weighted by atomic mass is 16.3. The van der Waals surface area contributed by atoms with Gasteiger partial charge < -0.3 is 14.4 Å². The van der Waals surface area contributed by atoms with E-state index in [9.17, 15) is 5.11 Å². The van der Waals surface area contributed by atoms with Crippen molar-refractivity contribution in [3.63, 3.8) is 0 Å². The van der Waals surface area contributed by atoms with Gasteiger partial charge in [-0.2, -0.15) is 0 Å². The first-order valence-electron chi connectivity index (χ1n) is 12.4. The Hall–Kier alpha value is -3.70. The van der Waals surface area contributed by atoms with Gasteiger partial charge in [0.25, 0.3) is 0 Å². The molecule has 1 aliphatic heterocycles. The highest BCUT2D eigenvalue weighted by Gasteiger charge is 2.42. The number of hydrogen-bond donors (Lipinski definition) is 1. The van der Waals surface area contributed by atoms with Gasteiger partial charge in [-0.1, -0.05) is 79.7 Å². The van der Waals surface area contributed by atoms with Crippen LogP contribution >= 0.6 is 0 Å². The molecule has 0 bridgehead atoms. The van der Waals surface area contributed by atoms with Gasteiger partial charge in [0.05, 0.1) is 0 Å². The molecule has 3 aromatic carbocycles. The molecule has 0 aliphatic carbocycles. The van der Waals surface area contributed by atoms with Gasteiger partial charge in [-0.3, -0.25) is 0 Å². The van der Waals surface area contributed by atoms with Crippen molar-refractivity contribution in [3.8, 4) is 0 Å². The average Bonchev–Trinajstić information content (AvgIpc) is 3.32. The fourth-order valence-corrected chi connectivity index (χ4v) is 5.53. The maximum absolute atomic E-state index is 12.2. The van der Waals surface area contributed by atoms with Crippen molar-refractivity contribution >= 4 is 27.9 Å². The van der Waals surface area contributed by atoms with E-state index >= 15 is 0 Å². The maximum atomic E-state index is 12.2. The number of aromatic nitrogens is 2. The van der Waals surface area contributed by atoms with Crippen LogP contribution in [-0.4, -0.2) is 28.2 Å². The van der Waals surface area contributed by atoms with E-state index in [0.717, 1.165) is 77.2 Å². The number of rotatable bonds is 5. The van der Waals surface area contributed by atoms with Crippen LogP contribution in [0.5, 0.6) is 0 Å². The summed E-state index contributed by atoms with van der Waals surface area (Å²) in [6.45, 7) is 3.66. The highest BCUT2D eigenvalue weighted by Crippen LogP contribution is 2.43. The predicted octanol–water partition coefficient (Wildman–Crippen LogP) is 6.09. The number of aliphatic hydroxyl groups is 1. The lowest BCUT2D eigenvalue weighted by molar-refractivity contribution is 0.00501. The molecule has 0 spiro atoms. The minimum atomic E-state index is -1.04. The molecular formula is C30H29N3O2. The van der Waals surface area contributed by atoms with E-state index in [1.807, 2.05) is 78.9 Å². The van der Waals surface area contributed by atoms with Crippen molar-refractivity contribution in [1.82, 2.24) is 9.97 Å². The number of para-hydroxylation sites is 1. The summed E-state index contributed by atoms with van der Waals surface area (Å²) in [6.07, 6.45) is 2.45. The lowest BCUT2D eigenvalue weighted by atomic mass is 9.72. The molecule has 1 N–H and O–H groups in total.